The standard InChI is InChI=1S/C16H27NO2.C2H6/c1-11(18)14(15(2,3)4)17-13(19)10-16-8-6-5-7-12(16)9-16;1-2/h12,14H,5-10H2,1-4H3,(H,17,19);1-2H3. The van der Waals surface area contributed by atoms with Gasteiger partial charge < -0.3 is 5.32 Å². The van der Waals surface area contributed by atoms with Crippen LogP contribution in [0.1, 0.15) is 80.1 Å². The Kier molecular flexibility index (Phi) is 6.01. The lowest BCUT2D eigenvalue weighted by molar-refractivity contribution is -0.130. The maximum atomic E-state index is 12.2. The molecule has 1 N–H and O–H groups in total. The van der Waals surface area contributed by atoms with Crippen molar-refractivity contribution in [1.82, 2.24) is 5.32 Å². The van der Waals surface area contributed by atoms with Gasteiger partial charge in [-0.2, -0.15) is 0 Å². The predicted octanol–water partition coefficient (Wildman–Crippen LogP) is 4.10. The van der Waals surface area contributed by atoms with Gasteiger partial charge in [0.05, 0.1) is 6.04 Å². The lowest BCUT2D eigenvalue weighted by Crippen LogP contribution is -2.48. The van der Waals surface area contributed by atoms with Gasteiger partial charge in [-0.25, -0.2) is 0 Å². The van der Waals surface area contributed by atoms with Crippen LogP contribution in [0.3, 0.4) is 0 Å². The molecule has 0 bridgehead atoms. The van der Waals surface area contributed by atoms with Crippen LogP contribution >= 0.6 is 0 Å². The van der Waals surface area contributed by atoms with Gasteiger partial charge in [0.25, 0.3) is 0 Å². The van der Waals surface area contributed by atoms with Crippen LogP contribution in [-0.2, 0) is 9.59 Å². The quantitative estimate of drug-likeness (QED) is 0.848. The molecular formula is C18H33NO2. The van der Waals surface area contributed by atoms with Crippen molar-refractivity contribution < 1.29 is 9.59 Å². The van der Waals surface area contributed by atoms with Gasteiger partial charge in [0.2, 0.25) is 5.91 Å². The van der Waals surface area contributed by atoms with E-state index in [1.165, 1.54) is 32.1 Å². The molecule has 0 spiro atoms. The Hall–Kier alpha value is -0.860. The summed E-state index contributed by atoms with van der Waals surface area (Å²) in [4.78, 5) is 23.9. The molecule has 3 nitrogen and oxygen atoms in total. The number of Topliss-reactive ketones (excluding diaryl/α,β-unsaturated/α-hetero) is 1. The van der Waals surface area contributed by atoms with E-state index in [9.17, 15) is 9.59 Å². The Morgan fingerprint density at radius 3 is 2.33 bits per heavy atom. The fraction of sp³-hybridized carbons (Fsp3) is 0.889. The smallest absolute Gasteiger partial charge is 0.221 e. The van der Waals surface area contributed by atoms with Crippen molar-refractivity contribution in [2.24, 2.45) is 16.7 Å². The van der Waals surface area contributed by atoms with Crippen molar-refractivity contribution in [3.05, 3.63) is 0 Å². The largest absolute Gasteiger partial charge is 0.346 e. The molecular weight excluding hydrogens is 262 g/mol. The van der Waals surface area contributed by atoms with Crippen LogP contribution in [0.5, 0.6) is 0 Å². The zero-order valence-electron chi connectivity index (χ0n) is 14.7. The number of hydrogen-bond donors (Lipinski definition) is 1. The van der Waals surface area contributed by atoms with Crippen LogP contribution in [0.4, 0.5) is 0 Å². The fourth-order valence-electron chi connectivity index (χ4n) is 3.78. The lowest BCUT2D eigenvalue weighted by atomic mass is 9.83. The summed E-state index contributed by atoms with van der Waals surface area (Å²) in [6, 6.07) is -0.364. The number of carbonyl (C=O) groups is 2. The zero-order valence-corrected chi connectivity index (χ0v) is 14.7. The van der Waals surface area contributed by atoms with E-state index >= 15 is 0 Å². The molecule has 2 aliphatic rings. The molecule has 2 aliphatic carbocycles. The van der Waals surface area contributed by atoms with E-state index in [1.54, 1.807) is 6.92 Å². The normalized spacial score (nSPS) is 28.6. The molecule has 0 heterocycles. The monoisotopic (exact) mass is 295 g/mol. The topological polar surface area (TPSA) is 46.2 Å². The minimum atomic E-state index is -0.364. The second-order valence-corrected chi connectivity index (χ2v) is 7.66. The molecule has 21 heavy (non-hydrogen) atoms. The first-order valence-electron chi connectivity index (χ1n) is 8.54. The highest BCUT2D eigenvalue weighted by molar-refractivity contribution is 5.88. The fourth-order valence-corrected chi connectivity index (χ4v) is 3.78. The molecule has 2 rings (SSSR count). The van der Waals surface area contributed by atoms with Crippen LogP contribution in [0.25, 0.3) is 0 Å². The highest BCUT2D eigenvalue weighted by Crippen LogP contribution is 2.63. The molecule has 0 radical (unpaired) electrons. The van der Waals surface area contributed by atoms with Crippen molar-refractivity contribution >= 4 is 11.7 Å². The number of ketones is 1. The molecule has 3 heteroatoms. The second-order valence-electron chi connectivity index (χ2n) is 7.66. The number of fused-ring (bicyclic) bond motifs is 1. The number of carbonyl (C=O) groups excluding carboxylic acids is 2. The van der Waals surface area contributed by atoms with E-state index in [0.717, 1.165) is 5.92 Å². The summed E-state index contributed by atoms with van der Waals surface area (Å²) in [5.41, 5.74) is 0.0796. The molecule has 1 amide bonds. The van der Waals surface area contributed by atoms with Crippen molar-refractivity contribution in [1.29, 1.82) is 0 Å². The summed E-state index contributed by atoms with van der Waals surface area (Å²) >= 11 is 0. The summed E-state index contributed by atoms with van der Waals surface area (Å²) in [7, 11) is 0. The predicted molar refractivity (Wildman–Crippen MR) is 87.0 cm³/mol. The van der Waals surface area contributed by atoms with Crippen LogP contribution in [0, 0.1) is 16.7 Å². The third-order valence-corrected chi connectivity index (χ3v) is 4.93. The minimum absolute atomic E-state index is 0.0503. The van der Waals surface area contributed by atoms with E-state index < -0.39 is 0 Å². The summed E-state index contributed by atoms with van der Waals surface area (Å²) in [5, 5.41) is 2.97. The average molecular weight is 295 g/mol. The van der Waals surface area contributed by atoms with E-state index in [2.05, 4.69) is 5.32 Å². The molecule has 0 aromatic rings. The molecule has 2 fully saturated rings. The first kappa shape index (κ1) is 18.2. The third-order valence-electron chi connectivity index (χ3n) is 4.93. The Bertz CT molecular complexity index is 383. The number of amides is 1. The van der Waals surface area contributed by atoms with E-state index in [-0.39, 0.29) is 23.1 Å². The Morgan fingerprint density at radius 2 is 1.86 bits per heavy atom. The van der Waals surface area contributed by atoms with Crippen molar-refractivity contribution in [3.63, 3.8) is 0 Å². The van der Waals surface area contributed by atoms with Gasteiger partial charge >= 0.3 is 0 Å². The van der Waals surface area contributed by atoms with Crippen molar-refractivity contribution in [3.8, 4) is 0 Å². The zero-order chi connectivity index (χ0) is 16.3. The first-order chi connectivity index (χ1) is 9.74. The second kappa shape index (κ2) is 6.93. The van der Waals surface area contributed by atoms with Crippen LogP contribution in [0.15, 0.2) is 0 Å². The van der Waals surface area contributed by atoms with E-state index in [1.807, 2.05) is 34.6 Å². The molecule has 3 atom stereocenters. The van der Waals surface area contributed by atoms with E-state index in [4.69, 9.17) is 0 Å². The molecule has 3 unspecified atom stereocenters. The van der Waals surface area contributed by atoms with Gasteiger partial charge in [0.1, 0.15) is 0 Å². The Labute approximate surface area is 130 Å². The molecule has 0 aromatic carbocycles. The molecule has 0 aliphatic heterocycles. The maximum Gasteiger partial charge on any atom is 0.221 e. The van der Waals surface area contributed by atoms with Crippen LogP contribution in [0.2, 0.25) is 0 Å². The van der Waals surface area contributed by atoms with Gasteiger partial charge in [0, 0.05) is 6.42 Å². The summed E-state index contributed by atoms with van der Waals surface area (Å²) < 4.78 is 0. The lowest BCUT2D eigenvalue weighted by Gasteiger charge is -2.30. The Balaban J connectivity index is 0.00000106. The van der Waals surface area contributed by atoms with Gasteiger partial charge in [-0.3, -0.25) is 9.59 Å². The maximum absolute atomic E-state index is 12.2. The Morgan fingerprint density at radius 1 is 1.24 bits per heavy atom. The van der Waals surface area contributed by atoms with Crippen molar-refractivity contribution in [2.45, 2.75) is 86.1 Å². The molecule has 2 saturated carbocycles. The molecule has 122 valence electrons. The average Bonchev–Trinajstić information content (AvgIpc) is 3.10. The highest BCUT2D eigenvalue weighted by atomic mass is 16.2. The van der Waals surface area contributed by atoms with Crippen LogP contribution in [-0.4, -0.2) is 17.7 Å². The van der Waals surface area contributed by atoms with Crippen LogP contribution < -0.4 is 5.32 Å². The third kappa shape index (κ3) is 4.55. The molecule has 0 saturated heterocycles. The number of hydrogen-bond acceptors (Lipinski definition) is 2. The summed E-state index contributed by atoms with van der Waals surface area (Å²) in [6.07, 6.45) is 6.93. The number of rotatable bonds is 4. The number of nitrogens with one attached hydrogen (secondary N) is 1. The molecule has 0 aromatic heterocycles. The van der Waals surface area contributed by atoms with Crippen molar-refractivity contribution in [2.75, 3.05) is 0 Å². The van der Waals surface area contributed by atoms with E-state index in [0.29, 0.717) is 11.8 Å². The minimum Gasteiger partial charge on any atom is -0.346 e. The van der Waals surface area contributed by atoms with Gasteiger partial charge in [-0.15, -0.1) is 0 Å². The van der Waals surface area contributed by atoms with Gasteiger partial charge in [-0.1, -0.05) is 47.5 Å². The van der Waals surface area contributed by atoms with Gasteiger partial charge in [-0.05, 0) is 42.9 Å². The summed E-state index contributed by atoms with van der Waals surface area (Å²) in [6.45, 7) is 11.6. The van der Waals surface area contributed by atoms with Gasteiger partial charge in [0.15, 0.2) is 5.78 Å². The first-order valence-corrected chi connectivity index (χ1v) is 8.54. The highest BCUT2D eigenvalue weighted by Gasteiger charge is 2.55. The SMILES string of the molecule is CC.CC(=O)C(NC(=O)CC12CCCCC1C2)C(C)(C)C. The summed E-state index contributed by atoms with van der Waals surface area (Å²) in [5.74, 6) is 0.895.